The summed E-state index contributed by atoms with van der Waals surface area (Å²) in [6.07, 6.45) is 5.08. The van der Waals surface area contributed by atoms with Crippen molar-refractivity contribution in [2.24, 2.45) is 13.0 Å². The number of imidazole rings is 1. The van der Waals surface area contributed by atoms with Crippen molar-refractivity contribution in [2.45, 2.75) is 6.04 Å². The van der Waals surface area contributed by atoms with Crippen LogP contribution in [0.1, 0.15) is 10.4 Å². The van der Waals surface area contributed by atoms with Crippen LogP contribution in [0.15, 0.2) is 18.6 Å². The zero-order chi connectivity index (χ0) is 17.5. The van der Waals surface area contributed by atoms with Crippen LogP contribution in [0.5, 0.6) is 0 Å². The van der Waals surface area contributed by atoms with E-state index in [-0.39, 0.29) is 23.6 Å². The molecule has 0 saturated carbocycles. The molecule has 2 aromatic heterocycles. The summed E-state index contributed by atoms with van der Waals surface area (Å²) in [4.78, 5) is 12.6. The number of hydrogen-bond acceptors (Lipinski definition) is 5. The van der Waals surface area contributed by atoms with E-state index in [0.29, 0.717) is 24.4 Å². The van der Waals surface area contributed by atoms with Gasteiger partial charge in [-0.2, -0.15) is 5.10 Å². The van der Waals surface area contributed by atoms with E-state index in [0.717, 1.165) is 0 Å². The van der Waals surface area contributed by atoms with Gasteiger partial charge < -0.3 is 14.6 Å². The number of fused-ring (bicyclic) bond motifs is 1. The number of nitrogens with one attached hydrogen (secondary N) is 1. The van der Waals surface area contributed by atoms with Crippen LogP contribution >= 0.6 is 0 Å². The second-order valence-corrected chi connectivity index (χ2v) is 8.40. The Bertz CT molecular complexity index is 854. The Morgan fingerprint density at radius 2 is 2.17 bits per heavy atom. The van der Waals surface area contributed by atoms with Gasteiger partial charge in [0, 0.05) is 39.5 Å². The molecule has 0 spiro atoms. The number of carbonyl (C=O) groups excluding carboxylic acids is 1. The second kappa shape index (κ2) is 6.19. The molecule has 24 heavy (non-hydrogen) atoms. The van der Waals surface area contributed by atoms with Gasteiger partial charge in [-0.3, -0.25) is 4.79 Å². The van der Waals surface area contributed by atoms with E-state index < -0.39 is 10.0 Å². The molecular weight excluding hydrogens is 334 g/mol. The molecule has 1 saturated heterocycles. The fraction of sp³-hybridized carbons (Fsp3) is 0.571. The molecule has 0 aromatic carbocycles. The number of ether oxygens (including phenoxy) is 1. The molecule has 9 nitrogen and oxygen atoms in total. The maximum Gasteiger partial charge on any atom is 0.257 e. The van der Waals surface area contributed by atoms with Crippen LogP contribution in [-0.2, 0) is 21.8 Å². The molecule has 10 heteroatoms. The van der Waals surface area contributed by atoms with Crippen LogP contribution in [0.4, 0.5) is 0 Å². The molecule has 132 valence electrons. The maximum atomic E-state index is 12.6. The quantitative estimate of drug-likeness (QED) is 0.765. The van der Waals surface area contributed by atoms with Gasteiger partial charge in [0.25, 0.3) is 5.91 Å². The Labute approximate surface area is 140 Å². The SMILES string of the molecule is CN(C)S(=O)(=O)C[C@@H]1COC[C@@H]1NC(=O)c1cnn2ccn(C)c12. The predicted octanol–water partition coefficient (Wildman–Crippen LogP) is -0.691. The Balaban J connectivity index is 1.75. The van der Waals surface area contributed by atoms with E-state index in [1.54, 1.807) is 15.3 Å². The fourth-order valence-corrected chi connectivity index (χ4v) is 3.97. The van der Waals surface area contributed by atoms with Crippen LogP contribution in [0, 0.1) is 5.92 Å². The van der Waals surface area contributed by atoms with Crippen molar-refractivity contribution in [3.63, 3.8) is 0 Å². The molecule has 1 fully saturated rings. The highest BCUT2D eigenvalue weighted by atomic mass is 32.2. The highest BCUT2D eigenvalue weighted by Gasteiger charge is 2.34. The van der Waals surface area contributed by atoms with Gasteiger partial charge >= 0.3 is 0 Å². The summed E-state index contributed by atoms with van der Waals surface area (Å²) >= 11 is 0. The minimum Gasteiger partial charge on any atom is -0.379 e. The molecular formula is C14H21N5O4S. The Morgan fingerprint density at radius 3 is 2.88 bits per heavy atom. The normalized spacial score (nSPS) is 21.7. The molecule has 3 rings (SSSR count). The lowest BCUT2D eigenvalue weighted by Crippen LogP contribution is -2.43. The summed E-state index contributed by atoms with van der Waals surface area (Å²) in [5.74, 6) is -0.617. The van der Waals surface area contributed by atoms with Gasteiger partial charge in [0.05, 0.1) is 31.2 Å². The molecule has 0 bridgehead atoms. The number of amides is 1. The molecule has 0 unspecified atom stereocenters. The number of aromatic nitrogens is 3. The maximum absolute atomic E-state index is 12.6. The van der Waals surface area contributed by atoms with E-state index in [4.69, 9.17) is 4.74 Å². The van der Waals surface area contributed by atoms with Crippen molar-refractivity contribution in [1.82, 2.24) is 23.8 Å². The van der Waals surface area contributed by atoms with Crippen LogP contribution in [-0.4, -0.2) is 71.9 Å². The summed E-state index contributed by atoms with van der Waals surface area (Å²) in [6.45, 7) is 0.614. The Morgan fingerprint density at radius 1 is 1.42 bits per heavy atom. The van der Waals surface area contributed by atoms with E-state index >= 15 is 0 Å². The number of sulfonamides is 1. The molecule has 1 aliphatic heterocycles. The largest absolute Gasteiger partial charge is 0.379 e. The van der Waals surface area contributed by atoms with Crippen LogP contribution in [0.25, 0.3) is 5.65 Å². The van der Waals surface area contributed by atoms with Crippen molar-refractivity contribution >= 4 is 21.6 Å². The number of nitrogens with zero attached hydrogens (tertiary/aromatic N) is 4. The second-order valence-electron chi connectivity index (χ2n) is 6.17. The molecule has 1 aliphatic rings. The predicted molar refractivity (Wildman–Crippen MR) is 87.2 cm³/mol. The van der Waals surface area contributed by atoms with Crippen LogP contribution in [0.2, 0.25) is 0 Å². The molecule has 1 N–H and O–H groups in total. The van der Waals surface area contributed by atoms with Gasteiger partial charge in [0.2, 0.25) is 10.0 Å². The Kier molecular flexibility index (Phi) is 4.37. The van der Waals surface area contributed by atoms with Crippen molar-refractivity contribution in [3.8, 4) is 0 Å². The van der Waals surface area contributed by atoms with E-state index in [2.05, 4.69) is 10.4 Å². The minimum atomic E-state index is -3.36. The molecule has 3 heterocycles. The Hall–Kier alpha value is -1.91. The summed E-state index contributed by atoms with van der Waals surface area (Å²) < 4.78 is 34.1. The summed E-state index contributed by atoms with van der Waals surface area (Å²) in [6, 6.07) is -0.345. The van der Waals surface area contributed by atoms with Crippen LogP contribution in [0.3, 0.4) is 0 Å². The lowest BCUT2D eigenvalue weighted by molar-refractivity contribution is 0.0927. The standard InChI is InChI=1S/C14H21N5O4S/c1-17(2)24(21,22)9-10-7-23-8-12(10)16-13(20)11-6-15-19-5-4-18(3)14(11)19/h4-6,10,12H,7-9H2,1-3H3,(H,16,20)/t10-,12-/m0/s1. The third kappa shape index (κ3) is 3.04. The monoisotopic (exact) mass is 355 g/mol. The fourth-order valence-electron chi connectivity index (χ4n) is 2.80. The first-order valence-electron chi connectivity index (χ1n) is 7.57. The third-order valence-corrected chi connectivity index (χ3v) is 6.24. The molecule has 1 amide bonds. The van der Waals surface area contributed by atoms with Gasteiger partial charge in [-0.1, -0.05) is 0 Å². The average Bonchev–Trinajstić information content (AvgIpc) is 3.18. The lowest BCUT2D eigenvalue weighted by atomic mass is 10.1. The molecule has 2 aromatic rings. The number of rotatable bonds is 5. The smallest absolute Gasteiger partial charge is 0.257 e. The number of aryl methyl sites for hydroxylation is 1. The van der Waals surface area contributed by atoms with Gasteiger partial charge in [-0.15, -0.1) is 0 Å². The van der Waals surface area contributed by atoms with E-state index in [9.17, 15) is 13.2 Å². The van der Waals surface area contributed by atoms with Crippen molar-refractivity contribution < 1.29 is 17.9 Å². The first-order chi connectivity index (χ1) is 11.3. The van der Waals surface area contributed by atoms with Crippen molar-refractivity contribution in [3.05, 3.63) is 24.2 Å². The zero-order valence-electron chi connectivity index (χ0n) is 13.8. The first-order valence-corrected chi connectivity index (χ1v) is 9.18. The highest BCUT2D eigenvalue weighted by molar-refractivity contribution is 7.89. The van der Waals surface area contributed by atoms with Gasteiger partial charge in [-0.05, 0) is 0 Å². The van der Waals surface area contributed by atoms with Gasteiger partial charge in [0.1, 0.15) is 11.2 Å². The first kappa shape index (κ1) is 16.9. The van der Waals surface area contributed by atoms with E-state index in [1.165, 1.54) is 24.6 Å². The molecule has 0 radical (unpaired) electrons. The minimum absolute atomic E-state index is 0.0570. The summed E-state index contributed by atoms with van der Waals surface area (Å²) in [7, 11) is 1.47. The van der Waals surface area contributed by atoms with Gasteiger partial charge in [-0.25, -0.2) is 17.2 Å². The average molecular weight is 355 g/mol. The topological polar surface area (TPSA) is 97.9 Å². The highest BCUT2D eigenvalue weighted by Crippen LogP contribution is 2.18. The van der Waals surface area contributed by atoms with Crippen molar-refractivity contribution in [1.29, 1.82) is 0 Å². The zero-order valence-corrected chi connectivity index (χ0v) is 14.7. The third-order valence-electron chi connectivity index (χ3n) is 4.28. The number of hydrogen-bond donors (Lipinski definition) is 1. The number of carbonyl (C=O) groups is 1. The van der Waals surface area contributed by atoms with Crippen molar-refractivity contribution in [2.75, 3.05) is 33.1 Å². The lowest BCUT2D eigenvalue weighted by Gasteiger charge is -2.20. The molecule has 0 aliphatic carbocycles. The summed E-state index contributed by atoms with van der Waals surface area (Å²) in [5.41, 5.74) is 1.13. The molecule has 2 atom stereocenters. The van der Waals surface area contributed by atoms with Crippen LogP contribution < -0.4 is 5.32 Å². The van der Waals surface area contributed by atoms with E-state index in [1.807, 2.05) is 13.2 Å². The van der Waals surface area contributed by atoms with Gasteiger partial charge in [0.15, 0.2) is 0 Å². The summed E-state index contributed by atoms with van der Waals surface area (Å²) in [5, 5.41) is 7.03.